The van der Waals surface area contributed by atoms with Crippen LogP contribution in [0.2, 0.25) is 0 Å². The average Bonchev–Trinajstić information content (AvgIpc) is 2.58. The molecule has 0 atom stereocenters. The predicted octanol–water partition coefficient (Wildman–Crippen LogP) is 2.95. The maximum Gasteiger partial charge on any atom is 0.195 e. The molecule has 2 rings (SSSR count). The average molecular weight is 175 g/mol. The van der Waals surface area contributed by atoms with Gasteiger partial charge in [0.15, 0.2) is 11.5 Å². The maximum atomic E-state index is 5.51. The van der Waals surface area contributed by atoms with Crippen molar-refractivity contribution in [3.63, 3.8) is 0 Å². The topological polar surface area (TPSA) is 26.0 Å². The molecule has 0 fully saturated rings. The second-order valence-corrected chi connectivity index (χ2v) is 3.12. The van der Waals surface area contributed by atoms with E-state index in [1.807, 2.05) is 13.0 Å². The van der Waals surface area contributed by atoms with Crippen LogP contribution in [-0.2, 0) is 12.8 Å². The van der Waals surface area contributed by atoms with Crippen LogP contribution in [0.5, 0.6) is 0 Å². The highest BCUT2D eigenvalue weighted by Crippen LogP contribution is 2.17. The van der Waals surface area contributed by atoms with Gasteiger partial charge < -0.3 is 4.42 Å². The Morgan fingerprint density at radius 1 is 1.23 bits per heavy atom. The van der Waals surface area contributed by atoms with E-state index in [1.165, 1.54) is 5.56 Å². The van der Waals surface area contributed by atoms with E-state index in [9.17, 15) is 0 Å². The first-order valence-corrected chi connectivity index (χ1v) is 4.71. The Kier molecular flexibility index (Phi) is 2.05. The smallest absolute Gasteiger partial charge is 0.195 e. The Morgan fingerprint density at radius 2 is 2.08 bits per heavy atom. The quantitative estimate of drug-likeness (QED) is 0.701. The summed E-state index contributed by atoms with van der Waals surface area (Å²) in [6.07, 6.45) is 1.90. The van der Waals surface area contributed by atoms with Crippen LogP contribution in [0, 0.1) is 0 Å². The zero-order valence-corrected chi connectivity index (χ0v) is 8.00. The number of nitrogens with zero attached hydrogens (tertiary/aromatic N) is 1. The van der Waals surface area contributed by atoms with E-state index >= 15 is 0 Å². The Labute approximate surface area is 77.6 Å². The first kappa shape index (κ1) is 8.30. The van der Waals surface area contributed by atoms with Crippen LogP contribution in [0.25, 0.3) is 11.1 Å². The summed E-state index contributed by atoms with van der Waals surface area (Å²) in [6.45, 7) is 4.19. The predicted molar refractivity (Wildman–Crippen MR) is 52.8 cm³/mol. The van der Waals surface area contributed by atoms with Crippen LogP contribution < -0.4 is 0 Å². The van der Waals surface area contributed by atoms with Crippen LogP contribution in [0.4, 0.5) is 0 Å². The van der Waals surface area contributed by atoms with Gasteiger partial charge in [0.25, 0.3) is 0 Å². The highest BCUT2D eigenvalue weighted by molar-refractivity contribution is 5.73. The lowest BCUT2D eigenvalue weighted by molar-refractivity contribution is 0.538. The largest absolute Gasteiger partial charge is 0.441 e. The van der Waals surface area contributed by atoms with Crippen LogP contribution in [-0.4, -0.2) is 4.98 Å². The first-order valence-electron chi connectivity index (χ1n) is 4.71. The molecule has 0 aliphatic carbocycles. The van der Waals surface area contributed by atoms with Crippen LogP contribution in [0.1, 0.15) is 25.3 Å². The molecule has 2 aromatic rings. The summed E-state index contributed by atoms with van der Waals surface area (Å²) in [7, 11) is 0. The number of fused-ring (bicyclic) bond motifs is 1. The van der Waals surface area contributed by atoms with E-state index in [0.717, 1.165) is 29.8 Å². The summed E-state index contributed by atoms with van der Waals surface area (Å²) in [4.78, 5) is 4.37. The summed E-state index contributed by atoms with van der Waals surface area (Å²) in [5, 5.41) is 0. The molecule has 1 heterocycles. The van der Waals surface area contributed by atoms with Gasteiger partial charge in [0, 0.05) is 6.42 Å². The fraction of sp³-hybridized carbons (Fsp3) is 0.364. The van der Waals surface area contributed by atoms with Crippen molar-refractivity contribution in [3.05, 3.63) is 29.7 Å². The molecule has 0 aliphatic heterocycles. The van der Waals surface area contributed by atoms with Gasteiger partial charge in [-0.1, -0.05) is 19.9 Å². The Balaban J connectivity index is 2.57. The van der Waals surface area contributed by atoms with Crippen molar-refractivity contribution in [1.82, 2.24) is 4.98 Å². The van der Waals surface area contributed by atoms with Crippen molar-refractivity contribution in [2.75, 3.05) is 0 Å². The van der Waals surface area contributed by atoms with Crippen molar-refractivity contribution in [1.29, 1.82) is 0 Å². The molecule has 2 heteroatoms. The molecule has 1 aromatic heterocycles. The fourth-order valence-corrected chi connectivity index (χ4v) is 1.39. The molecule has 0 radical (unpaired) electrons. The minimum absolute atomic E-state index is 0.822. The minimum atomic E-state index is 0.822. The van der Waals surface area contributed by atoms with Gasteiger partial charge in [0.1, 0.15) is 5.52 Å². The molecular formula is C11H13NO. The van der Waals surface area contributed by atoms with Gasteiger partial charge in [-0.05, 0) is 24.1 Å². The lowest BCUT2D eigenvalue weighted by Crippen LogP contribution is -1.79. The molecule has 0 saturated heterocycles. The number of aryl methyl sites for hydroxylation is 2. The highest BCUT2D eigenvalue weighted by Gasteiger charge is 2.03. The normalized spacial score (nSPS) is 10.9. The van der Waals surface area contributed by atoms with Crippen molar-refractivity contribution in [3.8, 4) is 0 Å². The third-order valence-electron chi connectivity index (χ3n) is 2.21. The molecule has 2 nitrogen and oxygen atoms in total. The minimum Gasteiger partial charge on any atom is -0.441 e. The molecule has 13 heavy (non-hydrogen) atoms. The van der Waals surface area contributed by atoms with Crippen molar-refractivity contribution in [2.45, 2.75) is 26.7 Å². The summed E-state index contributed by atoms with van der Waals surface area (Å²) in [5.41, 5.74) is 3.19. The molecule has 0 saturated carbocycles. The van der Waals surface area contributed by atoms with Crippen molar-refractivity contribution < 1.29 is 4.42 Å². The van der Waals surface area contributed by atoms with Crippen molar-refractivity contribution >= 4 is 11.1 Å². The van der Waals surface area contributed by atoms with E-state index in [2.05, 4.69) is 24.0 Å². The molecule has 0 spiro atoms. The Morgan fingerprint density at radius 3 is 2.77 bits per heavy atom. The second kappa shape index (κ2) is 3.21. The van der Waals surface area contributed by atoms with Gasteiger partial charge in [-0.3, -0.25) is 0 Å². The van der Waals surface area contributed by atoms with Gasteiger partial charge in [0.05, 0.1) is 0 Å². The first-order chi connectivity index (χ1) is 6.33. The van der Waals surface area contributed by atoms with E-state index in [1.54, 1.807) is 0 Å². The van der Waals surface area contributed by atoms with Gasteiger partial charge >= 0.3 is 0 Å². The maximum absolute atomic E-state index is 5.51. The SMILES string of the molecule is CCc1ccc2oc(CC)nc2c1. The monoisotopic (exact) mass is 175 g/mol. The Bertz CT molecular complexity index is 415. The van der Waals surface area contributed by atoms with Gasteiger partial charge in [0.2, 0.25) is 0 Å². The fourth-order valence-electron chi connectivity index (χ4n) is 1.39. The second-order valence-electron chi connectivity index (χ2n) is 3.12. The number of oxazole rings is 1. The number of hydrogen-bond donors (Lipinski definition) is 0. The highest BCUT2D eigenvalue weighted by atomic mass is 16.3. The van der Waals surface area contributed by atoms with Crippen LogP contribution in [0.3, 0.4) is 0 Å². The molecule has 0 aliphatic rings. The third kappa shape index (κ3) is 1.44. The van der Waals surface area contributed by atoms with E-state index in [0.29, 0.717) is 0 Å². The van der Waals surface area contributed by atoms with Gasteiger partial charge in [-0.25, -0.2) is 4.98 Å². The molecular weight excluding hydrogens is 162 g/mol. The molecule has 0 bridgehead atoms. The zero-order chi connectivity index (χ0) is 9.26. The third-order valence-corrected chi connectivity index (χ3v) is 2.21. The molecule has 0 amide bonds. The molecule has 1 aromatic carbocycles. The molecule has 0 N–H and O–H groups in total. The van der Waals surface area contributed by atoms with E-state index in [4.69, 9.17) is 4.42 Å². The van der Waals surface area contributed by atoms with Crippen LogP contribution in [0.15, 0.2) is 22.6 Å². The van der Waals surface area contributed by atoms with Gasteiger partial charge in [-0.2, -0.15) is 0 Å². The number of aromatic nitrogens is 1. The summed E-state index contributed by atoms with van der Waals surface area (Å²) < 4.78 is 5.51. The Hall–Kier alpha value is -1.31. The van der Waals surface area contributed by atoms with Crippen LogP contribution >= 0.6 is 0 Å². The lowest BCUT2D eigenvalue weighted by Gasteiger charge is -1.92. The molecule has 68 valence electrons. The van der Waals surface area contributed by atoms with E-state index in [-0.39, 0.29) is 0 Å². The zero-order valence-electron chi connectivity index (χ0n) is 8.00. The summed E-state index contributed by atoms with van der Waals surface area (Å²) in [5.74, 6) is 0.822. The summed E-state index contributed by atoms with van der Waals surface area (Å²) >= 11 is 0. The lowest BCUT2D eigenvalue weighted by atomic mass is 10.1. The van der Waals surface area contributed by atoms with Gasteiger partial charge in [-0.15, -0.1) is 0 Å². The van der Waals surface area contributed by atoms with E-state index < -0.39 is 0 Å². The summed E-state index contributed by atoms with van der Waals surface area (Å²) in [6, 6.07) is 6.19. The molecule has 0 unspecified atom stereocenters. The standard InChI is InChI=1S/C11H13NO/c1-3-8-5-6-10-9(7-8)12-11(4-2)13-10/h5-7H,3-4H2,1-2H3. The number of hydrogen-bond acceptors (Lipinski definition) is 2. The van der Waals surface area contributed by atoms with Crippen molar-refractivity contribution in [2.24, 2.45) is 0 Å². The number of benzene rings is 1. The number of rotatable bonds is 2.